The molecular formula is C20H19F7N2O2S. The molecule has 2 rings (SSSR count). The van der Waals surface area contributed by atoms with Crippen LogP contribution >= 0.6 is 12.2 Å². The van der Waals surface area contributed by atoms with Crippen molar-refractivity contribution in [3.63, 3.8) is 0 Å². The first kappa shape index (κ1) is 25.5. The lowest BCUT2D eigenvalue weighted by Crippen LogP contribution is -2.33. The number of thiocarbonyl (C=S) groups is 1. The van der Waals surface area contributed by atoms with E-state index in [1.54, 1.807) is 0 Å². The van der Waals surface area contributed by atoms with Crippen LogP contribution in [0.1, 0.15) is 11.1 Å². The van der Waals surface area contributed by atoms with Crippen molar-refractivity contribution in [2.24, 2.45) is 0 Å². The molecule has 0 aliphatic carbocycles. The number of anilines is 2. The number of ether oxygens (including phenoxy) is 2. The zero-order chi connectivity index (χ0) is 24.1. The van der Waals surface area contributed by atoms with E-state index < -0.39 is 43.2 Å². The minimum Gasteiger partial charge on any atom is -0.487 e. The van der Waals surface area contributed by atoms with E-state index in [9.17, 15) is 30.7 Å². The molecule has 176 valence electrons. The van der Waals surface area contributed by atoms with Crippen LogP contribution in [0.15, 0.2) is 36.4 Å². The molecule has 32 heavy (non-hydrogen) atoms. The lowest BCUT2D eigenvalue weighted by Gasteiger charge is -2.18. The van der Waals surface area contributed by atoms with Crippen LogP contribution in [-0.2, 0) is 0 Å². The maximum atomic E-state index is 13.2. The maximum absolute atomic E-state index is 13.2. The average molecular weight is 484 g/mol. The number of hydrogen-bond donors (Lipinski definition) is 2. The molecule has 0 saturated carbocycles. The second kappa shape index (κ2) is 10.2. The molecule has 12 heteroatoms. The Balaban J connectivity index is 2.21. The van der Waals surface area contributed by atoms with Crippen molar-refractivity contribution in [2.45, 2.75) is 32.4 Å². The molecule has 0 unspecified atom stereocenters. The summed E-state index contributed by atoms with van der Waals surface area (Å²) in [5.74, 6) is -5.25. The molecule has 4 nitrogen and oxygen atoms in total. The average Bonchev–Trinajstić information content (AvgIpc) is 2.67. The Labute approximate surface area is 184 Å². The Hall–Kier alpha value is -2.76. The maximum Gasteiger partial charge on any atom is 0.422 e. The van der Waals surface area contributed by atoms with Crippen LogP contribution in [-0.4, -0.2) is 36.9 Å². The van der Waals surface area contributed by atoms with Gasteiger partial charge < -0.3 is 20.1 Å². The molecule has 0 bridgehead atoms. The number of benzene rings is 2. The number of aryl methyl sites for hydroxylation is 2. The van der Waals surface area contributed by atoms with Crippen molar-refractivity contribution in [3.8, 4) is 11.5 Å². The minimum absolute atomic E-state index is 0.0304. The van der Waals surface area contributed by atoms with Gasteiger partial charge in [-0.1, -0.05) is 12.1 Å². The van der Waals surface area contributed by atoms with Gasteiger partial charge >= 0.3 is 18.5 Å². The zero-order valence-electron chi connectivity index (χ0n) is 16.8. The number of hydrogen-bond acceptors (Lipinski definition) is 3. The van der Waals surface area contributed by atoms with Gasteiger partial charge in [0.25, 0.3) is 0 Å². The summed E-state index contributed by atoms with van der Waals surface area (Å²) in [7, 11) is 0. The molecule has 0 aliphatic heterocycles. The molecule has 0 radical (unpaired) electrons. The Morgan fingerprint density at radius 3 is 2.06 bits per heavy atom. The van der Waals surface area contributed by atoms with Crippen LogP contribution in [0.2, 0.25) is 0 Å². The van der Waals surface area contributed by atoms with Gasteiger partial charge in [0.2, 0.25) is 0 Å². The molecule has 2 N–H and O–H groups in total. The lowest BCUT2D eigenvalue weighted by atomic mass is 10.1. The molecule has 0 atom stereocenters. The first-order valence-electron chi connectivity index (χ1n) is 9.04. The highest BCUT2D eigenvalue weighted by molar-refractivity contribution is 7.80. The topological polar surface area (TPSA) is 42.5 Å². The molecule has 0 fully saturated rings. The summed E-state index contributed by atoms with van der Waals surface area (Å²) in [5.41, 5.74) is 2.50. The Morgan fingerprint density at radius 2 is 1.50 bits per heavy atom. The highest BCUT2D eigenvalue weighted by Gasteiger charge is 2.41. The molecule has 0 saturated heterocycles. The summed E-state index contributed by atoms with van der Waals surface area (Å²) in [4.78, 5) is 0. The predicted molar refractivity (Wildman–Crippen MR) is 110 cm³/mol. The summed E-state index contributed by atoms with van der Waals surface area (Å²) in [6.45, 7) is 0.346. The smallest absolute Gasteiger partial charge is 0.422 e. The van der Waals surface area contributed by atoms with Gasteiger partial charge in [0.1, 0.15) is 11.5 Å². The van der Waals surface area contributed by atoms with Crippen molar-refractivity contribution in [1.82, 2.24) is 0 Å². The van der Waals surface area contributed by atoms with Crippen LogP contribution in [0.3, 0.4) is 0 Å². The summed E-state index contributed by atoms with van der Waals surface area (Å²) in [6.07, 6.45) is -8.63. The molecule has 0 aliphatic rings. The number of nitrogens with one attached hydrogen (secondary N) is 2. The second-order valence-electron chi connectivity index (χ2n) is 6.84. The van der Waals surface area contributed by atoms with Crippen LogP contribution in [0.25, 0.3) is 0 Å². The van der Waals surface area contributed by atoms with Gasteiger partial charge in [-0.05, 0) is 43.3 Å². The molecule has 0 aromatic heterocycles. The fourth-order valence-corrected chi connectivity index (χ4v) is 2.60. The molecule has 2 aromatic rings. The summed E-state index contributed by atoms with van der Waals surface area (Å²) in [6, 6.07) is 8.66. The third-order valence-corrected chi connectivity index (χ3v) is 4.14. The molecular weight excluding hydrogens is 465 g/mol. The zero-order valence-corrected chi connectivity index (χ0v) is 17.6. The van der Waals surface area contributed by atoms with E-state index in [-0.39, 0.29) is 10.8 Å². The number of rotatable bonds is 8. The van der Waals surface area contributed by atoms with E-state index in [2.05, 4.69) is 20.1 Å². The number of alkyl halides is 7. The monoisotopic (exact) mass is 484 g/mol. The SMILES string of the molecule is Cc1ccc(C)c(NC(=S)Nc2cc(OCC(F)(F)F)cc(OCC(F)(F)C(F)F)c2)c1. The summed E-state index contributed by atoms with van der Waals surface area (Å²) >= 11 is 5.19. The van der Waals surface area contributed by atoms with E-state index in [0.717, 1.165) is 29.3 Å². The lowest BCUT2D eigenvalue weighted by molar-refractivity contribution is -0.153. The third kappa shape index (κ3) is 8.06. The molecule has 0 amide bonds. The van der Waals surface area contributed by atoms with Crippen LogP contribution in [0, 0.1) is 13.8 Å². The van der Waals surface area contributed by atoms with Crippen molar-refractivity contribution in [3.05, 3.63) is 47.5 Å². The third-order valence-electron chi connectivity index (χ3n) is 3.93. The fraction of sp³-hybridized carbons (Fsp3) is 0.350. The normalized spacial score (nSPS) is 11.9. The van der Waals surface area contributed by atoms with E-state index in [1.165, 1.54) is 0 Å². The van der Waals surface area contributed by atoms with Crippen LogP contribution < -0.4 is 20.1 Å². The highest BCUT2D eigenvalue weighted by atomic mass is 32.1. The Morgan fingerprint density at radius 1 is 0.906 bits per heavy atom. The van der Waals surface area contributed by atoms with Gasteiger partial charge in [-0.3, -0.25) is 0 Å². The van der Waals surface area contributed by atoms with E-state index in [4.69, 9.17) is 12.2 Å². The summed E-state index contributed by atoms with van der Waals surface area (Å²) < 4.78 is 97.7. The van der Waals surface area contributed by atoms with E-state index >= 15 is 0 Å². The first-order chi connectivity index (χ1) is 14.7. The minimum atomic E-state index is -4.66. The molecule has 0 spiro atoms. The van der Waals surface area contributed by atoms with Crippen LogP contribution in [0.4, 0.5) is 42.1 Å². The largest absolute Gasteiger partial charge is 0.487 e. The molecule has 0 heterocycles. The van der Waals surface area contributed by atoms with Crippen molar-refractivity contribution < 1.29 is 40.2 Å². The van der Waals surface area contributed by atoms with Gasteiger partial charge in [-0.25, -0.2) is 8.78 Å². The van der Waals surface area contributed by atoms with Crippen molar-refractivity contribution >= 4 is 28.7 Å². The quantitative estimate of drug-likeness (QED) is 0.339. The van der Waals surface area contributed by atoms with Crippen molar-refractivity contribution in [2.75, 3.05) is 23.8 Å². The second-order valence-corrected chi connectivity index (χ2v) is 7.25. The van der Waals surface area contributed by atoms with E-state index in [0.29, 0.717) is 5.69 Å². The Bertz CT molecular complexity index is 952. The molecule has 2 aromatic carbocycles. The van der Waals surface area contributed by atoms with Gasteiger partial charge in [0.05, 0.1) is 0 Å². The van der Waals surface area contributed by atoms with Gasteiger partial charge in [0.15, 0.2) is 18.3 Å². The summed E-state index contributed by atoms with van der Waals surface area (Å²) in [5, 5.41) is 5.62. The van der Waals surface area contributed by atoms with Gasteiger partial charge in [-0.15, -0.1) is 0 Å². The van der Waals surface area contributed by atoms with Gasteiger partial charge in [0, 0.05) is 29.6 Å². The van der Waals surface area contributed by atoms with Gasteiger partial charge in [-0.2, -0.15) is 22.0 Å². The van der Waals surface area contributed by atoms with Crippen molar-refractivity contribution in [1.29, 1.82) is 0 Å². The highest BCUT2D eigenvalue weighted by Crippen LogP contribution is 2.30. The van der Waals surface area contributed by atoms with E-state index in [1.807, 2.05) is 32.0 Å². The predicted octanol–water partition coefficient (Wildman–Crippen LogP) is 6.33. The number of halogens is 7. The standard InChI is InChI=1S/C20H19F7N2O2S/c1-11-3-4-12(2)16(5-11)29-18(32)28-13-6-14(30-9-19(23,24)17(21)22)8-15(7-13)31-10-20(25,26)27/h3-8,17H,9-10H2,1-2H3,(H2,28,29,32). The fourth-order valence-electron chi connectivity index (χ4n) is 2.37. The van der Waals surface area contributed by atoms with Crippen LogP contribution in [0.5, 0.6) is 11.5 Å². The first-order valence-corrected chi connectivity index (χ1v) is 9.45. The Kier molecular flexibility index (Phi) is 8.16.